The molecule has 1 N–H and O–H groups in total. The van der Waals surface area contributed by atoms with Crippen molar-refractivity contribution in [1.82, 2.24) is 10.2 Å². The maximum absolute atomic E-state index is 14.0. The Kier molecular flexibility index (Phi) is 10.4. The number of carbonyl (C=O) groups is 2. The zero-order chi connectivity index (χ0) is 30.2. The molecule has 0 unspecified atom stereocenters. The summed E-state index contributed by atoms with van der Waals surface area (Å²) in [6.45, 7) is 9.04. The van der Waals surface area contributed by atoms with Gasteiger partial charge in [0, 0.05) is 12.1 Å². The number of hydrogen-bond donors (Lipinski definition) is 1. The average molecular weight is 582 g/mol. The molecule has 3 rings (SSSR count). The minimum absolute atomic E-state index is 0.0413. The normalized spacial score (nSPS) is 12.2. The van der Waals surface area contributed by atoms with Crippen molar-refractivity contribution < 1.29 is 27.5 Å². The van der Waals surface area contributed by atoms with Crippen molar-refractivity contribution in [1.29, 1.82) is 0 Å². The van der Waals surface area contributed by atoms with Crippen LogP contribution < -0.4 is 19.1 Å². The molecule has 0 aliphatic rings. The van der Waals surface area contributed by atoms with E-state index < -0.39 is 34.1 Å². The summed E-state index contributed by atoms with van der Waals surface area (Å²) in [6, 6.07) is 20.7. The average Bonchev–Trinajstić information content (AvgIpc) is 2.94. The first-order chi connectivity index (χ1) is 19.4. The van der Waals surface area contributed by atoms with Crippen molar-refractivity contribution in [2.24, 2.45) is 0 Å². The highest BCUT2D eigenvalue weighted by Gasteiger charge is 2.33. The van der Waals surface area contributed by atoms with Gasteiger partial charge in [-0.25, -0.2) is 8.42 Å². The van der Waals surface area contributed by atoms with Crippen LogP contribution in [-0.4, -0.2) is 57.0 Å². The third-order valence-electron chi connectivity index (χ3n) is 6.20. The lowest BCUT2D eigenvalue weighted by Gasteiger charge is -2.33. The Labute approximate surface area is 243 Å². The second-order valence-corrected chi connectivity index (χ2v) is 12.4. The van der Waals surface area contributed by atoms with Crippen LogP contribution in [0.5, 0.6) is 11.5 Å². The SMILES string of the molecule is CCOc1ccc(N(CC(=O)N(Cc2cccc(OC)c2)[C@H](C)C(=O)NC(C)(C)C)S(=O)(=O)c2ccccc2)cc1. The molecular weight excluding hydrogens is 542 g/mol. The van der Waals surface area contributed by atoms with Gasteiger partial charge in [0.15, 0.2) is 0 Å². The van der Waals surface area contributed by atoms with E-state index in [1.165, 1.54) is 17.0 Å². The molecule has 220 valence electrons. The number of anilines is 1. The first kappa shape index (κ1) is 31.5. The molecule has 9 nitrogen and oxygen atoms in total. The van der Waals surface area contributed by atoms with Gasteiger partial charge < -0.3 is 19.7 Å². The summed E-state index contributed by atoms with van der Waals surface area (Å²) in [7, 11) is -2.60. The number of amides is 2. The Balaban J connectivity index is 2.03. The summed E-state index contributed by atoms with van der Waals surface area (Å²) < 4.78 is 39.6. The van der Waals surface area contributed by atoms with Gasteiger partial charge in [0.05, 0.1) is 24.3 Å². The monoisotopic (exact) mass is 581 g/mol. The summed E-state index contributed by atoms with van der Waals surface area (Å²) >= 11 is 0. The lowest BCUT2D eigenvalue weighted by Crippen LogP contribution is -2.54. The summed E-state index contributed by atoms with van der Waals surface area (Å²) in [5.41, 5.74) is 0.492. The second-order valence-electron chi connectivity index (χ2n) is 10.5. The van der Waals surface area contributed by atoms with Crippen LogP contribution in [0.1, 0.15) is 40.2 Å². The molecule has 0 fully saturated rings. The number of carbonyl (C=O) groups excluding carboxylic acids is 2. The van der Waals surface area contributed by atoms with Gasteiger partial charge in [-0.1, -0.05) is 30.3 Å². The zero-order valence-corrected chi connectivity index (χ0v) is 25.3. The number of nitrogens with zero attached hydrogens (tertiary/aromatic N) is 2. The minimum atomic E-state index is -4.14. The predicted octanol–water partition coefficient (Wildman–Crippen LogP) is 4.62. The van der Waals surface area contributed by atoms with E-state index >= 15 is 0 Å². The van der Waals surface area contributed by atoms with Crippen molar-refractivity contribution in [2.45, 2.75) is 57.6 Å². The quantitative estimate of drug-likeness (QED) is 0.335. The summed E-state index contributed by atoms with van der Waals surface area (Å²) in [5.74, 6) is 0.279. The molecule has 0 spiro atoms. The van der Waals surface area contributed by atoms with E-state index in [0.29, 0.717) is 23.8 Å². The Morgan fingerprint density at radius 1 is 0.927 bits per heavy atom. The van der Waals surface area contributed by atoms with E-state index in [4.69, 9.17) is 9.47 Å². The number of sulfonamides is 1. The van der Waals surface area contributed by atoms with Crippen LogP contribution in [0.2, 0.25) is 0 Å². The van der Waals surface area contributed by atoms with Gasteiger partial charge in [0.2, 0.25) is 11.8 Å². The topological polar surface area (TPSA) is 105 Å². The number of hydrogen-bond acceptors (Lipinski definition) is 6. The van der Waals surface area contributed by atoms with E-state index in [-0.39, 0.29) is 17.3 Å². The van der Waals surface area contributed by atoms with Gasteiger partial charge >= 0.3 is 0 Å². The fourth-order valence-corrected chi connectivity index (χ4v) is 5.58. The maximum atomic E-state index is 14.0. The third kappa shape index (κ3) is 8.47. The number of ether oxygens (including phenoxy) is 2. The van der Waals surface area contributed by atoms with Crippen LogP contribution in [-0.2, 0) is 26.2 Å². The molecule has 3 aromatic rings. The number of rotatable bonds is 12. The highest BCUT2D eigenvalue weighted by atomic mass is 32.2. The van der Waals surface area contributed by atoms with Gasteiger partial charge in [-0.15, -0.1) is 0 Å². The lowest BCUT2D eigenvalue weighted by atomic mass is 10.1. The highest BCUT2D eigenvalue weighted by Crippen LogP contribution is 2.27. The molecule has 0 bridgehead atoms. The first-order valence-corrected chi connectivity index (χ1v) is 14.8. The minimum Gasteiger partial charge on any atom is -0.497 e. The summed E-state index contributed by atoms with van der Waals surface area (Å²) in [4.78, 5) is 28.7. The van der Waals surface area contributed by atoms with Crippen LogP contribution in [0.4, 0.5) is 5.69 Å². The maximum Gasteiger partial charge on any atom is 0.264 e. The van der Waals surface area contributed by atoms with E-state index in [9.17, 15) is 18.0 Å². The van der Waals surface area contributed by atoms with Crippen LogP contribution in [0.15, 0.2) is 83.8 Å². The molecule has 0 aromatic heterocycles. The van der Waals surface area contributed by atoms with Crippen LogP contribution >= 0.6 is 0 Å². The van der Waals surface area contributed by atoms with E-state index in [0.717, 1.165) is 9.87 Å². The largest absolute Gasteiger partial charge is 0.497 e. The smallest absolute Gasteiger partial charge is 0.264 e. The molecule has 0 aliphatic carbocycles. The first-order valence-electron chi connectivity index (χ1n) is 13.4. The van der Waals surface area contributed by atoms with Crippen molar-refractivity contribution in [3.05, 3.63) is 84.4 Å². The molecule has 0 aliphatic heterocycles. The number of methoxy groups -OCH3 is 1. The number of nitrogens with one attached hydrogen (secondary N) is 1. The summed E-state index contributed by atoms with van der Waals surface area (Å²) in [5, 5.41) is 2.92. The Morgan fingerprint density at radius 2 is 1.59 bits per heavy atom. The van der Waals surface area contributed by atoms with Crippen LogP contribution in [0.25, 0.3) is 0 Å². The third-order valence-corrected chi connectivity index (χ3v) is 7.99. The fraction of sp³-hybridized carbons (Fsp3) is 0.355. The molecular formula is C31H39N3O6S. The van der Waals surface area contributed by atoms with Crippen molar-refractivity contribution in [3.8, 4) is 11.5 Å². The lowest BCUT2D eigenvalue weighted by molar-refractivity contribution is -0.140. The Bertz CT molecular complexity index is 1420. The molecule has 3 aromatic carbocycles. The molecule has 0 heterocycles. The molecule has 0 saturated heterocycles. The van der Waals surface area contributed by atoms with Crippen molar-refractivity contribution >= 4 is 27.5 Å². The van der Waals surface area contributed by atoms with Crippen molar-refractivity contribution in [3.63, 3.8) is 0 Å². The van der Waals surface area contributed by atoms with Gasteiger partial charge in [0.1, 0.15) is 24.1 Å². The predicted molar refractivity (Wildman–Crippen MR) is 159 cm³/mol. The standard InChI is InChI=1S/C31H39N3O6S/c1-7-40-26-18-16-25(17-19-26)34(41(37,38)28-14-9-8-10-15-28)22-29(35)33(23(2)30(36)32-31(3,4)5)21-24-12-11-13-27(20-24)39-6/h8-20,23H,7,21-22H2,1-6H3,(H,32,36)/t23-/m1/s1. The van der Waals surface area contributed by atoms with E-state index in [1.54, 1.807) is 74.7 Å². The number of benzene rings is 3. The molecule has 1 atom stereocenters. The van der Waals surface area contributed by atoms with Gasteiger partial charge in [-0.05, 0) is 88.7 Å². The van der Waals surface area contributed by atoms with E-state index in [2.05, 4.69) is 5.32 Å². The fourth-order valence-electron chi connectivity index (χ4n) is 4.15. The van der Waals surface area contributed by atoms with Gasteiger partial charge in [-0.3, -0.25) is 13.9 Å². The zero-order valence-electron chi connectivity index (χ0n) is 24.5. The van der Waals surface area contributed by atoms with Crippen LogP contribution in [0, 0.1) is 0 Å². The van der Waals surface area contributed by atoms with Gasteiger partial charge in [-0.2, -0.15) is 0 Å². The van der Waals surface area contributed by atoms with Crippen molar-refractivity contribution in [2.75, 3.05) is 24.6 Å². The van der Waals surface area contributed by atoms with Gasteiger partial charge in [0.25, 0.3) is 10.0 Å². The Morgan fingerprint density at radius 3 is 2.17 bits per heavy atom. The molecule has 2 amide bonds. The molecule has 10 heteroatoms. The highest BCUT2D eigenvalue weighted by molar-refractivity contribution is 7.92. The van der Waals surface area contributed by atoms with Crippen LogP contribution in [0.3, 0.4) is 0 Å². The van der Waals surface area contributed by atoms with E-state index in [1.807, 2.05) is 33.8 Å². The Hall–Kier alpha value is -4.05. The molecule has 0 saturated carbocycles. The molecule has 0 radical (unpaired) electrons. The summed E-state index contributed by atoms with van der Waals surface area (Å²) in [6.07, 6.45) is 0. The molecule has 41 heavy (non-hydrogen) atoms. The second kappa shape index (κ2) is 13.5.